The normalized spacial score (nSPS) is 12.1. The van der Waals surface area contributed by atoms with Crippen LogP contribution in [-0.4, -0.2) is 27.9 Å². The molecule has 1 aromatic rings. The van der Waals surface area contributed by atoms with Crippen molar-refractivity contribution in [2.24, 2.45) is 5.73 Å². The molecule has 0 radical (unpaired) electrons. The van der Waals surface area contributed by atoms with Crippen LogP contribution in [0.5, 0.6) is 0 Å². The highest BCUT2D eigenvalue weighted by molar-refractivity contribution is 5.99. The zero-order chi connectivity index (χ0) is 12.1. The molecule has 1 heterocycles. The number of carbonyl (C=O) groups is 2. The number of aromatic nitrogens is 1. The Labute approximate surface area is 92.3 Å². The van der Waals surface area contributed by atoms with E-state index in [1.807, 2.05) is 0 Å². The van der Waals surface area contributed by atoms with Crippen molar-refractivity contribution in [2.45, 2.75) is 18.9 Å². The highest BCUT2D eigenvalue weighted by atomic mass is 16.4. The van der Waals surface area contributed by atoms with Crippen LogP contribution in [0.3, 0.4) is 0 Å². The van der Waals surface area contributed by atoms with E-state index in [1.54, 1.807) is 6.07 Å². The number of pyridine rings is 1. The van der Waals surface area contributed by atoms with Crippen molar-refractivity contribution in [1.82, 2.24) is 4.98 Å². The molecule has 1 atom stereocenters. The molecule has 0 spiro atoms. The van der Waals surface area contributed by atoms with Crippen LogP contribution in [0, 0.1) is 0 Å². The summed E-state index contributed by atoms with van der Waals surface area (Å²) in [5.74, 6) is -1.38. The fraction of sp³-hybridized carbons (Fsp3) is 0.300. The first kappa shape index (κ1) is 12.1. The third-order valence-electron chi connectivity index (χ3n) is 2.04. The van der Waals surface area contributed by atoms with Gasteiger partial charge in [0.15, 0.2) is 5.78 Å². The number of ketones is 1. The van der Waals surface area contributed by atoms with Gasteiger partial charge in [-0.05, 0) is 18.6 Å². The van der Waals surface area contributed by atoms with Gasteiger partial charge in [0.05, 0.1) is 6.04 Å². The fourth-order valence-corrected chi connectivity index (χ4v) is 1.18. The van der Waals surface area contributed by atoms with E-state index >= 15 is 0 Å². The molecule has 6 heteroatoms. The Morgan fingerprint density at radius 2 is 2.19 bits per heavy atom. The van der Waals surface area contributed by atoms with Gasteiger partial charge in [-0.1, -0.05) is 0 Å². The van der Waals surface area contributed by atoms with Gasteiger partial charge >= 0.3 is 5.97 Å². The Bertz CT molecular complexity index is 406. The van der Waals surface area contributed by atoms with Crippen LogP contribution in [0.2, 0.25) is 0 Å². The van der Waals surface area contributed by atoms with Crippen LogP contribution in [-0.2, 0) is 4.79 Å². The molecular weight excluding hydrogens is 210 g/mol. The van der Waals surface area contributed by atoms with Crippen molar-refractivity contribution in [1.29, 1.82) is 0 Å². The minimum absolute atomic E-state index is 0.0879. The van der Waals surface area contributed by atoms with Crippen molar-refractivity contribution in [3.8, 4) is 0 Å². The predicted molar refractivity (Wildman–Crippen MR) is 57.8 cm³/mol. The average Bonchev–Trinajstić information content (AvgIpc) is 2.24. The number of aliphatic carboxylic acids is 1. The highest BCUT2D eigenvalue weighted by Crippen LogP contribution is 2.07. The maximum Gasteiger partial charge on any atom is 0.303 e. The first-order chi connectivity index (χ1) is 7.50. The Hall–Kier alpha value is -1.95. The molecule has 0 saturated heterocycles. The number of carbonyl (C=O) groups excluding carboxylic acids is 1. The van der Waals surface area contributed by atoms with E-state index in [2.05, 4.69) is 4.98 Å². The van der Waals surface area contributed by atoms with E-state index in [1.165, 1.54) is 12.3 Å². The topological polar surface area (TPSA) is 119 Å². The Balaban J connectivity index is 2.67. The molecule has 0 aliphatic rings. The lowest BCUT2D eigenvalue weighted by Crippen LogP contribution is -2.31. The molecule has 0 amide bonds. The van der Waals surface area contributed by atoms with Crippen molar-refractivity contribution < 1.29 is 14.7 Å². The van der Waals surface area contributed by atoms with E-state index in [9.17, 15) is 9.59 Å². The third-order valence-corrected chi connectivity index (χ3v) is 2.04. The summed E-state index contributed by atoms with van der Waals surface area (Å²) in [4.78, 5) is 25.8. The monoisotopic (exact) mass is 223 g/mol. The summed E-state index contributed by atoms with van der Waals surface area (Å²) in [7, 11) is 0. The lowest BCUT2D eigenvalue weighted by atomic mass is 10.0. The second-order valence-corrected chi connectivity index (χ2v) is 3.38. The highest BCUT2D eigenvalue weighted by Gasteiger charge is 2.17. The smallest absolute Gasteiger partial charge is 0.303 e. The number of Topliss-reactive ketones (excluding diaryl/α,β-unsaturated/α-hetero) is 1. The molecule has 6 nitrogen and oxygen atoms in total. The lowest BCUT2D eigenvalue weighted by molar-refractivity contribution is -0.137. The van der Waals surface area contributed by atoms with Gasteiger partial charge in [-0.25, -0.2) is 0 Å². The molecule has 1 unspecified atom stereocenters. The van der Waals surface area contributed by atoms with Crippen molar-refractivity contribution in [2.75, 3.05) is 5.73 Å². The maximum absolute atomic E-state index is 11.7. The van der Waals surface area contributed by atoms with Crippen LogP contribution in [0.1, 0.15) is 23.3 Å². The second kappa shape index (κ2) is 5.22. The summed E-state index contributed by atoms with van der Waals surface area (Å²) < 4.78 is 0. The zero-order valence-corrected chi connectivity index (χ0v) is 8.59. The maximum atomic E-state index is 11.7. The number of carboxylic acid groups (broad SMARTS) is 1. The van der Waals surface area contributed by atoms with Crippen molar-refractivity contribution in [3.63, 3.8) is 0 Å². The first-order valence-corrected chi connectivity index (χ1v) is 4.74. The summed E-state index contributed by atoms with van der Waals surface area (Å²) >= 11 is 0. The zero-order valence-electron chi connectivity index (χ0n) is 8.59. The number of nitrogen functional groups attached to an aromatic ring is 1. The molecule has 0 aromatic carbocycles. The Kier molecular flexibility index (Phi) is 3.96. The predicted octanol–water partition coefficient (Wildman–Crippen LogP) is 0.0386. The molecule has 0 bridgehead atoms. The quantitative estimate of drug-likeness (QED) is 0.606. The van der Waals surface area contributed by atoms with Gasteiger partial charge < -0.3 is 16.6 Å². The van der Waals surface area contributed by atoms with Crippen molar-refractivity contribution >= 4 is 17.4 Å². The molecule has 86 valence electrons. The molecule has 5 N–H and O–H groups in total. The van der Waals surface area contributed by atoms with Crippen LogP contribution < -0.4 is 11.5 Å². The number of hydrogen-bond acceptors (Lipinski definition) is 5. The minimum atomic E-state index is -0.983. The van der Waals surface area contributed by atoms with Gasteiger partial charge in [-0.2, -0.15) is 0 Å². The van der Waals surface area contributed by atoms with E-state index in [4.69, 9.17) is 16.6 Å². The van der Waals surface area contributed by atoms with E-state index in [0.717, 1.165) is 0 Å². The van der Waals surface area contributed by atoms with E-state index in [-0.39, 0.29) is 18.5 Å². The fourth-order valence-electron chi connectivity index (χ4n) is 1.18. The van der Waals surface area contributed by atoms with Gasteiger partial charge in [-0.15, -0.1) is 0 Å². The van der Waals surface area contributed by atoms with Gasteiger partial charge in [0, 0.05) is 18.3 Å². The summed E-state index contributed by atoms with van der Waals surface area (Å²) in [6.45, 7) is 0. The summed E-state index contributed by atoms with van der Waals surface area (Å²) in [6, 6.07) is 2.12. The minimum Gasteiger partial charge on any atom is -0.481 e. The van der Waals surface area contributed by atoms with Gasteiger partial charge in [-0.3, -0.25) is 14.6 Å². The molecule has 0 saturated carbocycles. The molecule has 1 aromatic heterocycles. The number of nitrogens with zero attached hydrogens (tertiary/aromatic N) is 1. The molecule has 0 aliphatic carbocycles. The van der Waals surface area contributed by atoms with E-state index < -0.39 is 17.8 Å². The summed E-state index contributed by atoms with van der Waals surface area (Å²) in [5.41, 5.74) is 11.6. The van der Waals surface area contributed by atoms with Gasteiger partial charge in [0.25, 0.3) is 0 Å². The Morgan fingerprint density at radius 1 is 1.50 bits per heavy atom. The SMILES string of the molecule is Nc1ccnc(C(=O)C(N)CCC(=O)O)c1. The van der Waals surface area contributed by atoms with Gasteiger partial charge in [0.2, 0.25) is 0 Å². The number of rotatable bonds is 5. The molecular formula is C10H13N3O3. The van der Waals surface area contributed by atoms with Crippen LogP contribution >= 0.6 is 0 Å². The number of anilines is 1. The first-order valence-electron chi connectivity index (χ1n) is 4.74. The van der Waals surface area contributed by atoms with Crippen molar-refractivity contribution in [3.05, 3.63) is 24.0 Å². The van der Waals surface area contributed by atoms with E-state index in [0.29, 0.717) is 5.69 Å². The largest absolute Gasteiger partial charge is 0.481 e. The van der Waals surface area contributed by atoms with Crippen LogP contribution in [0.15, 0.2) is 18.3 Å². The molecule has 0 aliphatic heterocycles. The lowest BCUT2D eigenvalue weighted by Gasteiger charge is -2.08. The number of nitrogens with two attached hydrogens (primary N) is 2. The third kappa shape index (κ3) is 3.32. The molecule has 16 heavy (non-hydrogen) atoms. The number of hydrogen-bond donors (Lipinski definition) is 3. The summed E-state index contributed by atoms with van der Waals surface area (Å²) in [6.07, 6.45) is 1.35. The molecule has 1 rings (SSSR count). The van der Waals surface area contributed by atoms with Crippen LogP contribution in [0.25, 0.3) is 0 Å². The average molecular weight is 223 g/mol. The van der Waals surface area contributed by atoms with Gasteiger partial charge in [0.1, 0.15) is 5.69 Å². The number of carboxylic acids is 1. The molecule has 0 fully saturated rings. The second-order valence-electron chi connectivity index (χ2n) is 3.38. The standard InChI is InChI=1S/C10H13N3O3/c11-6-3-4-13-8(5-6)10(16)7(12)1-2-9(14)15/h3-5,7H,1-2,12H2,(H2,11,13)(H,14,15). The van der Waals surface area contributed by atoms with Crippen LogP contribution in [0.4, 0.5) is 5.69 Å². The summed E-state index contributed by atoms with van der Waals surface area (Å²) in [5, 5.41) is 8.46. The Morgan fingerprint density at radius 3 is 2.75 bits per heavy atom.